The molecule has 3 rings (SSSR count). The number of nitrogens with zero attached hydrogens (tertiary/aromatic N) is 3. The zero-order valence-electron chi connectivity index (χ0n) is 11.1. The van der Waals surface area contributed by atoms with Gasteiger partial charge in [0.25, 0.3) is 0 Å². The third kappa shape index (κ3) is 2.38. The average Bonchev–Trinajstić information content (AvgIpc) is 2.75. The predicted molar refractivity (Wildman–Crippen MR) is 80.5 cm³/mol. The van der Waals surface area contributed by atoms with Gasteiger partial charge in [0.2, 0.25) is 0 Å². The second kappa shape index (κ2) is 5.20. The van der Waals surface area contributed by atoms with Crippen LogP contribution in [0.5, 0.6) is 0 Å². The molecule has 0 radical (unpaired) electrons. The predicted octanol–water partition coefficient (Wildman–Crippen LogP) is 3.61. The van der Waals surface area contributed by atoms with Crippen LogP contribution in [0, 0.1) is 13.8 Å². The first-order valence-electron chi connectivity index (χ1n) is 6.21. The molecule has 0 saturated carbocycles. The van der Waals surface area contributed by atoms with Gasteiger partial charge in [0.1, 0.15) is 11.3 Å². The van der Waals surface area contributed by atoms with Crippen LogP contribution in [-0.4, -0.2) is 15.1 Å². The van der Waals surface area contributed by atoms with Crippen LogP contribution < -0.4 is 5.32 Å². The first-order chi connectivity index (χ1) is 9.65. The van der Waals surface area contributed by atoms with Gasteiger partial charge in [-0.1, -0.05) is 5.16 Å². The van der Waals surface area contributed by atoms with Crippen molar-refractivity contribution in [2.45, 2.75) is 20.4 Å². The van der Waals surface area contributed by atoms with Gasteiger partial charge in [-0.3, -0.25) is 9.97 Å². The molecule has 0 aliphatic heterocycles. The molecule has 5 nitrogen and oxygen atoms in total. The van der Waals surface area contributed by atoms with Gasteiger partial charge in [0.05, 0.1) is 16.9 Å². The lowest BCUT2D eigenvalue weighted by atomic mass is 10.2. The van der Waals surface area contributed by atoms with Crippen LogP contribution in [0.1, 0.15) is 17.0 Å². The highest BCUT2D eigenvalue weighted by molar-refractivity contribution is 9.10. The quantitative estimate of drug-likeness (QED) is 0.793. The molecule has 0 aliphatic rings. The van der Waals surface area contributed by atoms with Crippen LogP contribution in [-0.2, 0) is 6.54 Å². The van der Waals surface area contributed by atoms with Crippen LogP contribution >= 0.6 is 15.9 Å². The lowest BCUT2D eigenvalue weighted by molar-refractivity contribution is 0.392. The Morgan fingerprint density at radius 3 is 2.90 bits per heavy atom. The van der Waals surface area contributed by atoms with Crippen molar-refractivity contribution in [3.63, 3.8) is 0 Å². The minimum Gasteiger partial charge on any atom is -0.379 e. The Morgan fingerprint density at radius 2 is 2.15 bits per heavy atom. The molecule has 3 aromatic heterocycles. The lowest BCUT2D eigenvalue weighted by Gasteiger charge is -2.08. The van der Waals surface area contributed by atoms with E-state index in [1.807, 2.05) is 26.0 Å². The second-order valence-electron chi connectivity index (χ2n) is 4.54. The minimum atomic E-state index is 0.651. The standard InChI is InChI=1S/C14H13BrN4O/c1-8-11(9(2)20-19-8)7-17-12-3-4-16-13-5-10(15)6-18-14(12)13/h3-6H,7H2,1-2H3,(H,16,17). The van der Waals surface area contributed by atoms with Crippen molar-refractivity contribution < 1.29 is 4.52 Å². The molecule has 20 heavy (non-hydrogen) atoms. The van der Waals surface area contributed by atoms with Crippen LogP contribution in [0.4, 0.5) is 5.69 Å². The van der Waals surface area contributed by atoms with Gasteiger partial charge in [-0.2, -0.15) is 0 Å². The highest BCUT2D eigenvalue weighted by Gasteiger charge is 2.10. The number of hydrogen-bond acceptors (Lipinski definition) is 5. The number of nitrogens with one attached hydrogen (secondary N) is 1. The molecule has 0 aliphatic carbocycles. The van der Waals surface area contributed by atoms with Gasteiger partial charge in [0.15, 0.2) is 0 Å². The summed E-state index contributed by atoms with van der Waals surface area (Å²) in [5, 5.41) is 7.33. The average molecular weight is 333 g/mol. The molecule has 0 saturated heterocycles. The van der Waals surface area contributed by atoms with E-state index >= 15 is 0 Å². The summed E-state index contributed by atoms with van der Waals surface area (Å²) in [5.41, 5.74) is 4.63. The Labute approximate surface area is 124 Å². The van der Waals surface area contributed by atoms with Crippen molar-refractivity contribution in [3.8, 4) is 0 Å². The monoisotopic (exact) mass is 332 g/mol. The topological polar surface area (TPSA) is 63.8 Å². The van der Waals surface area contributed by atoms with E-state index in [1.54, 1.807) is 12.4 Å². The SMILES string of the molecule is Cc1noc(C)c1CNc1ccnc2cc(Br)cnc12. The Kier molecular flexibility index (Phi) is 3.40. The van der Waals surface area contributed by atoms with Crippen molar-refractivity contribution in [1.29, 1.82) is 0 Å². The van der Waals surface area contributed by atoms with E-state index in [9.17, 15) is 0 Å². The fourth-order valence-electron chi connectivity index (χ4n) is 2.09. The van der Waals surface area contributed by atoms with Gasteiger partial charge >= 0.3 is 0 Å². The van der Waals surface area contributed by atoms with Crippen molar-refractivity contribution in [2.24, 2.45) is 0 Å². The third-order valence-corrected chi connectivity index (χ3v) is 3.61. The van der Waals surface area contributed by atoms with Gasteiger partial charge in [0, 0.05) is 29.0 Å². The highest BCUT2D eigenvalue weighted by atomic mass is 79.9. The smallest absolute Gasteiger partial charge is 0.138 e. The van der Waals surface area contributed by atoms with E-state index in [-0.39, 0.29) is 0 Å². The summed E-state index contributed by atoms with van der Waals surface area (Å²) in [6.07, 6.45) is 3.54. The maximum Gasteiger partial charge on any atom is 0.138 e. The molecule has 0 amide bonds. The molecule has 0 spiro atoms. The Hall–Kier alpha value is -1.95. The number of aryl methyl sites for hydroxylation is 2. The summed E-state index contributed by atoms with van der Waals surface area (Å²) in [5.74, 6) is 0.837. The molecule has 6 heteroatoms. The van der Waals surface area contributed by atoms with E-state index in [0.717, 1.165) is 38.2 Å². The van der Waals surface area contributed by atoms with Crippen molar-refractivity contribution in [3.05, 3.63) is 46.0 Å². The van der Waals surface area contributed by atoms with Crippen LogP contribution in [0.2, 0.25) is 0 Å². The summed E-state index contributed by atoms with van der Waals surface area (Å²) >= 11 is 3.40. The molecule has 0 unspecified atom stereocenters. The first-order valence-corrected chi connectivity index (χ1v) is 7.00. The fraction of sp³-hybridized carbons (Fsp3) is 0.214. The molecule has 3 heterocycles. The van der Waals surface area contributed by atoms with E-state index in [1.165, 1.54) is 0 Å². The molecule has 102 valence electrons. The molecule has 0 fully saturated rings. The maximum absolute atomic E-state index is 5.16. The molecule has 0 bridgehead atoms. The number of hydrogen-bond donors (Lipinski definition) is 1. The maximum atomic E-state index is 5.16. The Morgan fingerprint density at radius 1 is 1.30 bits per heavy atom. The Bertz CT molecular complexity index is 749. The van der Waals surface area contributed by atoms with Gasteiger partial charge < -0.3 is 9.84 Å². The minimum absolute atomic E-state index is 0.651. The van der Waals surface area contributed by atoms with Crippen LogP contribution in [0.15, 0.2) is 33.5 Å². The molecule has 0 aromatic carbocycles. The molecule has 0 atom stereocenters. The number of pyridine rings is 2. The highest BCUT2D eigenvalue weighted by Crippen LogP contribution is 2.23. The van der Waals surface area contributed by atoms with E-state index in [4.69, 9.17) is 4.52 Å². The first kappa shape index (κ1) is 13.1. The van der Waals surface area contributed by atoms with E-state index in [2.05, 4.69) is 36.4 Å². The van der Waals surface area contributed by atoms with Gasteiger partial charge in [-0.15, -0.1) is 0 Å². The molecular formula is C14H13BrN4O. The largest absolute Gasteiger partial charge is 0.379 e. The number of aromatic nitrogens is 3. The zero-order valence-corrected chi connectivity index (χ0v) is 12.7. The van der Waals surface area contributed by atoms with Crippen LogP contribution in [0.25, 0.3) is 11.0 Å². The van der Waals surface area contributed by atoms with Gasteiger partial charge in [-0.25, -0.2) is 0 Å². The zero-order chi connectivity index (χ0) is 14.1. The molecule has 3 aromatic rings. The summed E-state index contributed by atoms with van der Waals surface area (Å²) in [6, 6.07) is 3.87. The lowest BCUT2D eigenvalue weighted by Crippen LogP contribution is -2.02. The number of fused-ring (bicyclic) bond motifs is 1. The number of halogens is 1. The molecule has 1 N–H and O–H groups in total. The van der Waals surface area contributed by atoms with Crippen LogP contribution in [0.3, 0.4) is 0 Å². The van der Waals surface area contributed by atoms with E-state index < -0.39 is 0 Å². The van der Waals surface area contributed by atoms with E-state index in [0.29, 0.717) is 6.54 Å². The number of rotatable bonds is 3. The van der Waals surface area contributed by atoms with Crippen molar-refractivity contribution in [1.82, 2.24) is 15.1 Å². The molecular weight excluding hydrogens is 320 g/mol. The normalized spacial score (nSPS) is 10.9. The van der Waals surface area contributed by atoms with Crippen molar-refractivity contribution >= 4 is 32.7 Å². The summed E-state index contributed by atoms with van der Waals surface area (Å²) in [4.78, 5) is 8.73. The number of anilines is 1. The summed E-state index contributed by atoms with van der Waals surface area (Å²) < 4.78 is 6.08. The van der Waals surface area contributed by atoms with Gasteiger partial charge in [-0.05, 0) is 41.9 Å². The summed E-state index contributed by atoms with van der Waals surface area (Å²) in [7, 11) is 0. The summed E-state index contributed by atoms with van der Waals surface area (Å²) in [6.45, 7) is 4.50. The second-order valence-corrected chi connectivity index (χ2v) is 5.45. The Balaban J connectivity index is 1.92. The third-order valence-electron chi connectivity index (χ3n) is 3.18. The fourth-order valence-corrected chi connectivity index (χ4v) is 2.41. The van der Waals surface area contributed by atoms with Crippen molar-refractivity contribution in [2.75, 3.05) is 5.32 Å².